The van der Waals surface area contributed by atoms with E-state index in [-0.39, 0.29) is 25.2 Å². The van der Waals surface area contributed by atoms with Gasteiger partial charge in [0.05, 0.1) is 12.2 Å². The van der Waals surface area contributed by atoms with E-state index in [1.54, 1.807) is 27.7 Å². The van der Waals surface area contributed by atoms with Gasteiger partial charge in [-0.1, -0.05) is 43.0 Å². The Kier molecular flexibility index (Phi) is 9.65. The van der Waals surface area contributed by atoms with Gasteiger partial charge >= 0.3 is 17.9 Å². The molecule has 0 aliphatic carbocycles. The number of hydrogen-bond donors (Lipinski definition) is 1. The molecule has 0 fully saturated rings. The lowest BCUT2D eigenvalue weighted by Crippen LogP contribution is -2.46. The number of esters is 3. The topological polar surface area (TPSA) is 90.9 Å². The Morgan fingerprint density at radius 3 is 2.31 bits per heavy atom. The normalized spacial score (nSPS) is 12.5. The molecular formula is C22H29NO6. The summed E-state index contributed by atoms with van der Waals surface area (Å²) < 4.78 is 15.3. The second kappa shape index (κ2) is 11.7. The Hall–Kier alpha value is -3.09. The van der Waals surface area contributed by atoms with Gasteiger partial charge in [0, 0.05) is 12.6 Å². The van der Waals surface area contributed by atoms with Crippen molar-refractivity contribution in [1.82, 2.24) is 5.32 Å². The van der Waals surface area contributed by atoms with Crippen LogP contribution < -0.4 is 5.32 Å². The molecule has 0 aliphatic heterocycles. The summed E-state index contributed by atoms with van der Waals surface area (Å²) in [5, 5.41) is 2.66. The molecule has 0 bridgehead atoms. The van der Waals surface area contributed by atoms with Crippen LogP contribution in [0.25, 0.3) is 0 Å². The predicted molar refractivity (Wildman–Crippen MR) is 109 cm³/mol. The quantitative estimate of drug-likeness (QED) is 0.211. The van der Waals surface area contributed by atoms with Crippen molar-refractivity contribution in [3.63, 3.8) is 0 Å². The molecule has 0 saturated carbocycles. The van der Waals surface area contributed by atoms with E-state index in [0.717, 1.165) is 5.56 Å². The van der Waals surface area contributed by atoms with E-state index in [9.17, 15) is 14.4 Å². The van der Waals surface area contributed by atoms with Crippen molar-refractivity contribution in [2.24, 2.45) is 0 Å². The molecule has 0 amide bonds. The second-order valence-corrected chi connectivity index (χ2v) is 7.10. The van der Waals surface area contributed by atoms with Crippen molar-refractivity contribution in [1.29, 1.82) is 0 Å². The summed E-state index contributed by atoms with van der Waals surface area (Å²) in [7, 11) is 0. The molecule has 0 saturated heterocycles. The van der Waals surface area contributed by atoms with Crippen molar-refractivity contribution < 1.29 is 28.6 Å². The summed E-state index contributed by atoms with van der Waals surface area (Å²) in [5.41, 5.74) is 0.327. The van der Waals surface area contributed by atoms with Crippen LogP contribution in [0, 0.1) is 0 Å². The lowest BCUT2D eigenvalue weighted by molar-refractivity contribution is -0.164. The van der Waals surface area contributed by atoms with Crippen molar-refractivity contribution >= 4 is 17.9 Å². The highest BCUT2D eigenvalue weighted by atomic mass is 16.6. The first kappa shape index (κ1) is 23.9. The molecule has 29 heavy (non-hydrogen) atoms. The Morgan fingerprint density at radius 1 is 1.10 bits per heavy atom. The maximum absolute atomic E-state index is 12.5. The molecule has 0 aromatic heterocycles. The van der Waals surface area contributed by atoms with E-state index in [0.29, 0.717) is 0 Å². The highest BCUT2D eigenvalue weighted by Gasteiger charge is 2.32. The third-order valence-electron chi connectivity index (χ3n) is 3.42. The molecule has 1 atom stereocenters. The maximum atomic E-state index is 12.5. The minimum absolute atomic E-state index is 0.0573. The summed E-state index contributed by atoms with van der Waals surface area (Å²) in [4.78, 5) is 37.1. The van der Waals surface area contributed by atoms with Gasteiger partial charge in [-0.2, -0.15) is 0 Å². The van der Waals surface area contributed by atoms with Gasteiger partial charge in [0.15, 0.2) is 0 Å². The molecule has 1 aromatic rings. The summed E-state index contributed by atoms with van der Waals surface area (Å²) in [6.45, 7) is 10.4. The molecule has 0 aliphatic rings. The van der Waals surface area contributed by atoms with Crippen LogP contribution in [0.3, 0.4) is 0 Å². The van der Waals surface area contributed by atoms with Crippen LogP contribution in [0.4, 0.5) is 0 Å². The smallest absolute Gasteiger partial charge is 0.340 e. The van der Waals surface area contributed by atoms with E-state index < -0.39 is 29.6 Å². The average Bonchev–Trinajstić information content (AvgIpc) is 2.65. The number of carbonyl (C=O) groups excluding carboxylic acids is 3. The third kappa shape index (κ3) is 9.10. The number of rotatable bonds is 10. The van der Waals surface area contributed by atoms with E-state index in [4.69, 9.17) is 14.2 Å². The number of benzene rings is 1. The highest BCUT2D eigenvalue weighted by Crippen LogP contribution is 2.12. The molecule has 1 N–H and O–H groups in total. The van der Waals surface area contributed by atoms with Crippen LogP contribution >= 0.6 is 0 Å². The zero-order valence-electron chi connectivity index (χ0n) is 17.4. The molecule has 1 aromatic carbocycles. The van der Waals surface area contributed by atoms with Crippen molar-refractivity contribution in [2.45, 2.75) is 45.8 Å². The fraction of sp³-hybridized carbons (Fsp3) is 0.409. The Bertz CT molecular complexity index is 733. The van der Waals surface area contributed by atoms with Gasteiger partial charge in [-0.3, -0.25) is 0 Å². The van der Waals surface area contributed by atoms with Crippen LogP contribution in [0.2, 0.25) is 0 Å². The maximum Gasteiger partial charge on any atom is 0.340 e. The summed E-state index contributed by atoms with van der Waals surface area (Å²) >= 11 is 0. The van der Waals surface area contributed by atoms with Crippen molar-refractivity contribution in [3.05, 3.63) is 60.3 Å². The first-order chi connectivity index (χ1) is 13.7. The van der Waals surface area contributed by atoms with E-state index in [1.165, 1.54) is 12.3 Å². The van der Waals surface area contributed by atoms with Gasteiger partial charge in [0.1, 0.15) is 12.2 Å². The first-order valence-electron chi connectivity index (χ1n) is 9.34. The van der Waals surface area contributed by atoms with E-state index in [2.05, 4.69) is 11.9 Å². The fourth-order valence-electron chi connectivity index (χ4n) is 2.22. The van der Waals surface area contributed by atoms with E-state index in [1.807, 2.05) is 30.3 Å². The lowest BCUT2D eigenvalue weighted by Gasteiger charge is -2.23. The monoisotopic (exact) mass is 403 g/mol. The number of nitrogens with one attached hydrogen (secondary N) is 1. The lowest BCUT2D eigenvalue weighted by atomic mass is 10.1. The summed E-state index contributed by atoms with van der Waals surface area (Å²) in [6, 6.07) is 7.84. The molecule has 158 valence electrons. The molecule has 7 nitrogen and oxygen atoms in total. The zero-order valence-corrected chi connectivity index (χ0v) is 17.4. The summed E-state index contributed by atoms with van der Waals surface area (Å²) in [6.07, 6.45) is 2.95. The number of hydrogen-bond acceptors (Lipinski definition) is 7. The molecule has 7 heteroatoms. The highest BCUT2D eigenvalue weighted by molar-refractivity contribution is 5.99. The van der Waals surface area contributed by atoms with Gasteiger partial charge in [-0.05, 0) is 33.3 Å². The van der Waals surface area contributed by atoms with Crippen LogP contribution in [-0.2, 0) is 35.0 Å². The fourth-order valence-corrected chi connectivity index (χ4v) is 2.22. The molecule has 0 heterocycles. The Balaban J connectivity index is 3.09. The van der Waals surface area contributed by atoms with Crippen LogP contribution in [-0.4, -0.2) is 42.8 Å². The molecule has 0 radical (unpaired) electrons. The third-order valence-corrected chi connectivity index (χ3v) is 3.42. The van der Waals surface area contributed by atoms with Crippen LogP contribution in [0.1, 0.15) is 33.3 Å². The second-order valence-electron chi connectivity index (χ2n) is 7.10. The predicted octanol–water partition coefficient (Wildman–Crippen LogP) is 2.71. The van der Waals surface area contributed by atoms with Crippen LogP contribution in [0.5, 0.6) is 0 Å². The molecular weight excluding hydrogens is 374 g/mol. The Labute approximate surface area is 171 Å². The summed E-state index contributed by atoms with van der Waals surface area (Å²) in [5.74, 6) is -2.20. The zero-order chi connectivity index (χ0) is 21.9. The van der Waals surface area contributed by atoms with E-state index >= 15 is 0 Å². The molecule has 1 unspecified atom stereocenters. The SMILES string of the molecule is C=CCOC(=O)C(N/C=C(/Cc1ccccc1)C(=O)OCC)C(=O)OC(C)(C)C. The minimum atomic E-state index is -1.44. The van der Waals surface area contributed by atoms with Gasteiger partial charge in [-0.15, -0.1) is 0 Å². The standard InChI is InChI=1S/C22H29NO6/c1-6-13-28-20(25)18(21(26)29-22(3,4)5)23-15-17(19(24)27-7-2)14-16-11-9-8-10-12-16/h6,8-12,15,18,23H,1,7,13-14H2,2-5H3/b17-15-. The first-order valence-corrected chi connectivity index (χ1v) is 9.34. The van der Waals surface area contributed by atoms with Crippen molar-refractivity contribution in [3.8, 4) is 0 Å². The van der Waals surface area contributed by atoms with Gasteiger partial charge in [0.2, 0.25) is 6.04 Å². The van der Waals surface area contributed by atoms with Crippen molar-refractivity contribution in [2.75, 3.05) is 13.2 Å². The number of carbonyl (C=O) groups is 3. The van der Waals surface area contributed by atoms with Gasteiger partial charge in [-0.25, -0.2) is 14.4 Å². The average molecular weight is 403 g/mol. The Morgan fingerprint density at radius 2 is 1.76 bits per heavy atom. The molecule has 1 rings (SSSR count). The van der Waals surface area contributed by atoms with Gasteiger partial charge in [0.25, 0.3) is 0 Å². The largest absolute Gasteiger partial charge is 0.463 e. The van der Waals surface area contributed by atoms with Crippen LogP contribution in [0.15, 0.2) is 54.8 Å². The van der Waals surface area contributed by atoms with Gasteiger partial charge < -0.3 is 19.5 Å². The molecule has 0 spiro atoms. The minimum Gasteiger partial charge on any atom is -0.463 e. The number of ether oxygens (including phenoxy) is 3.